The van der Waals surface area contributed by atoms with E-state index in [0.717, 1.165) is 18.4 Å². The number of halogens is 2. The number of fused-ring (bicyclic) bond motifs is 5. The predicted molar refractivity (Wildman–Crippen MR) is 104 cm³/mol. The van der Waals surface area contributed by atoms with Crippen LogP contribution in [0.5, 0.6) is 0 Å². The highest BCUT2D eigenvalue weighted by molar-refractivity contribution is 6.34. The van der Waals surface area contributed by atoms with E-state index in [1.54, 1.807) is 12.2 Å². The normalized spacial score (nSPS) is 51.3. The lowest BCUT2D eigenvalue weighted by molar-refractivity contribution is -0.161. The highest BCUT2D eigenvalue weighted by atomic mass is 35.5. The molecule has 0 aliphatic heterocycles. The molecule has 148 valence electrons. The summed E-state index contributed by atoms with van der Waals surface area (Å²) in [6.45, 7) is 3.31. The molecule has 3 saturated carbocycles. The minimum absolute atomic E-state index is 0.0148. The Morgan fingerprint density at radius 2 is 2.00 bits per heavy atom. The van der Waals surface area contributed by atoms with Crippen LogP contribution in [0.3, 0.4) is 0 Å². The fourth-order valence-electron chi connectivity index (χ4n) is 6.74. The molecule has 0 spiro atoms. The number of hydrogen-bond acceptors (Lipinski definition) is 4. The maximum atomic E-state index is 12.4. The average molecular weight is 413 g/mol. The van der Waals surface area contributed by atoms with E-state index in [2.05, 4.69) is 6.92 Å². The molecule has 2 N–H and O–H groups in total. The molecule has 0 heterocycles. The van der Waals surface area contributed by atoms with E-state index in [1.807, 2.05) is 13.0 Å². The van der Waals surface area contributed by atoms with Gasteiger partial charge in [-0.25, -0.2) is 0 Å². The number of hydrogen-bond donors (Lipinski definition) is 2. The molecule has 4 aliphatic carbocycles. The molecule has 0 unspecified atom stereocenters. The molecule has 7 atom stereocenters. The van der Waals surface area contributed by atoms with Crippen molar-refractivity contribution < 1.29 is 19.8 Å². The smallest absolute Gasteiger partial charge is 0.190 e. The summed E-state index contributed by atoms with van der Waals surface area (Å²) in [6, 6.07) is 0. The van der Waals surface area contributed by atoms with E-state index in [0.29, 0.717) is 19.3 Å². The van der Waals surface area contributed by atoms with Crippen LogP contribution in [-0.4, -0.2) is 44.2 Å². The van der Waals surface area contributed by atoms with Gasteiger partial charge >= 0.3 is 0 Å². The van der Waals surface area contributed by atoms with Gasteiger partial charge in [0.15, 0.2) is 11.6 Å². The maximum absolute atomic E-state index is 12.4. The molecule has 6 heteroatoms. The van der Waals surface area contributed by atoms with Crippen LogP contribution in [0, 0.1) is 22.7 Å². The highest BCUT2D eigenvalue weighted by Crippen LogP contribution is 2.71. The van der Waals surface area contributed by atoms with E-state index in [4.69, 9.17) is 23.2 Å². The number of alkyl halides is 2. The van der Waals surface area contributed by atoms with Crippen LogP contribution in [0.1, 0.15) is 46.0 Å². The van der Waals surface area contributed by atoms with E-state index >= 15 is 0 Å². The van der Waals surface area contributed by atoms with E-state index in [9.17, 15) is 19.8 Å². The second-order valence-electron chi connectivity index (χ2n) is 9.20. The zero-order valence-electron chi connectivity index (χ0n) is 15.7. The number of allylic oxidation sites excluding steroid dienone is 4. The topological polar surface area (TPSA) is 74.6 Å². The van der Waals surface area contributed by atoms with Gasteiger partial charge in [-0.05, 0) is 56.1 Å². The molecule has 3 fully saturated rings. The number of carbonyl (C=O) groups excluding carboxylic acids is 2. The third-order valence-electron chi connectivity index (χ3n) is 8.35. The summed E-state index contributed by atoms with van der Waals surface area (Å²) in [5.41, 5.74) is -1.78. The first-order valence-corrected chi connectivity index (χ1v) is 10.5. The lowest BCUT2D eigenvalue weighted by Crippen LogP contribution is -2.67. The van der Waals surface area contributed by atoms with E-state index < -0.39 is 39.1 Å². The standard InChI is InChI=1S/C21H26Cl2O4/c1-18-7-5-13(25)9-12(18)3-4-15-14-6-8-20(27,17(26)11-24)19(14,2)10-16(22)21(15,18)23/h5,7,9,14-16,24,27H,3-4,6,8,10-11H2,1-2H3/t14-,15-,16+,18+,19+,20-,21-/m1/s1. The predicted octanol–water partition coefficient (Wildman–Crippen LogP) is 3.17. The highest BCUT2D eigenvalue weighted by Gasteiger charge is 2.72. The third-order valence-corrected chi connectivity index (χ3v) is 9.90. The van der Waals surface area contributed by atoms with Crippen LogP contribution >= 0.6 is 23.2 Å². The Kier molecular flexibility index (Phi) is 4.30. The van der Waals surface area contributed by atoms with Crippen molar-refractivity contribution in [1.82, 2.24) is 0 Å². The molecule has 0 radical (unpaired) electrons. The third kappa shape index (κ3) is 2.19. The van der Waals surface area contributed by atoms with Gasteiger partial charge in [0.25, 0.3) is 0 Å². The summed E-state index contributed by atoms with van der Waals surface area (Å²) < 4.78 is 0. The number of aliphatic hydroxyl groups is 2. The van der Waals surface area contributed by atoms with Crippen LogP contribution in [0.15, 0.2) is 23.8 Å². The molecule has 0 aromatic rings. The lowest BCUT2D eigenvalue weighted by Gasteiger charge is -2.63. The monoisotopic (exact) mass is 412 g/mol. The molecule has 4 aliphatic rings. The molecule has 0 bridgehead atoms. The molecule has 27 heavy (non-hydrogen) atoms. The van der Waals surface area contributed by atoms with Crippen molar-refractivity contribution in [3.63, 3.8) is 0 Å². The van der Waals surface area contributed by atoms with Crippen molar-refractivity contribution in [2.75, 3.05) is 6.61 Å². The van der Waals surface area contributed by atoms with Gasteiger partial charge in [0.1, 0.15) is 12.2 Å². The van der Waals surface area contributed by atoms with Gasteiger partial charge in [-0.3, -0.25) is 9.59 Å². The zero-order chi connectivity index (χ0) is 19.8. The van der Waals surface area contributed by atoms with Crippen molar-refractivity contribution in [1.29, 1.82) is 0 Å². The van der Waals surface area contributed by atoms with Crippen LogP contribution in [-0.2, 0) is 9.59 Å². The molecule has 0 amide bonds. The minimum atomic E-state index is -1.56. The van der Waals surface area contributed by atoms with Crippen LogP contribution in [0.4, 0.5) is 0 Å². The van der Waals surface area contributed by atoms with Gasteiger partial charge in [-0.15, -0.1) is 23.2 Å². The first kappa shape index (κ1) is 19.6. The minimum Gasteiger partial charge on any atom is -0.388 e. The second kappa shape index (κ2) is 5.91. The number of carbonyl (C=O) groups is 2. The quantitative estimate of drug-likeness (QED) is 0.682. The Morgan fingerprint density at radius 1 is 1.30 bits per heavy atom. The fourth-order valence-corrected chi connectivity index (χ4v) is 7.97. The van der Waals surface area contributed by atoms with Gasteiger partial charge in [0.2, 0.25) is 0 Å². The number of aliphatic hydroxyl groups excluding tert-OH is 1. The number of ketones is 2. The zero-order valence-corrected chi connectivity index (χ0v) is 17.2. The summed E-state index contributed by atoms with van der Waals surface area (Å²) in [7, 11) is 0. The Morgan fingerprint density at radius 3 is 2.67 bits per heavy atom. The van der Waals surface area contributed by atoms with Crippen molar-refractivity contribution >= 4 is 34.8 Å². The Labute approximate surface area is 169 Å². The molecule has 0 aromatic heterocycles. The molecular formula is C21H26Cl2O4. The Bertz CT molecular complexity index is 776. The Balaban J connectivity index is 1.81. The van der Waals surface area contributed by atoms with Crippen molar-refractivity contribution in [3.05, 3.63) is 23.8 Å². The van der Waals surface area contributed by atoms with Crippen molar-refractivity contribution in [2.45, 2.75) is 61.8 Å². The number of rotatable bonds is 2. The first-order valence-electron chi connectivity index (χ1n) is 9.68. The summed E-state index contributed by atoms with van der Waals surface area (Å²) in [5.74, 6) is -0.489. The van der Waals surface area contributed by atoms with Crippen LogP contribution in [0.25, 0.3) is 0 Å². The number of Topliss-reactive ketones (excluding diaryl/α,β-unsaturated/α-hetero) is 1. The van der Waals surface area contributed by atoms with Gasteiger partial charge in [-0.1, -0.05) is 25.5 Å². The van der Waals surface area contributed by atoms with Gasteiger partial charge in [0.05, 0.1) is 10.3 Å². The SMILES string of the molecule is C[C@]12C=CC(=O)C=C1CC[C@@H]1[C@H]3CC[C@@](O)(C(=O)CO)[C@@]3(C)C[C@H](Cl)[C@]12Cl. The second-order valence-corrected chi connectivity index (χ2v) is 10.3. The summed E-state index contributed by atoms with van der Waals surface area (Å²) >= 11 is 14.3. The summed E-state index contributed by atoms with van der Waals surface area (Å²) in [5, 5.41) is 20.2. The molecule has 0 saturated heterocycles. The lowest BCUT2D eigenvalue weighted by atomic mass is 9.46. The Hall–Kier alpha value is -0.680. The van der Waals surface area contributed by atoms with Crippen LogP contribution < -0.4 is 0 Å². The maximum Gasteiger partial charge on any atom is 0.190 e. The summed E-state index contributed by atoms with van der Waals surface area (Å²) in [6.07, 6.45) is 8.11. The summed E-state index contributed by atoms with van der Waals surface area (Å²) in [4.78, 5) is 23.6. The molecular weight excluding hydrogens is 387 g/mol. The van der Waals surface area contributed by atoms with E-state index in [1.165, 1.54) is 0 Å². The van der Waals surface area contributed by atoms with Crippen molar-refractivity contribution in [2.24, 2.45) is 22.7 Å². The largest absolute Gasteiger partial charge is 0.388 e. The van der Waals surface area contributed by atoms with Gasteiger partial charge in [-0.2, -0.15) is 0 Å². The molecule has 0 aromatic carbocycles. The van der Waals surface area contributed by atoms with Gasteiger partial charge in [0, 0.05) is 10.8 Å². The first-order chi connectivity index (χ1) is 12.5. The average Bonchev–Trinajstić information content (AvgIpc) is 2.88. The van der Waals surface area contributed by atoms with Crippen molar-refractivity contribution in [3.8, 4) is 0 Å². The van der Waals surface area contributed by atoms with E-state index in [-0.39, 0.29) is 17.6 Å². The molecule has 4 rings (SSSR count). The molecule has 4 nitrogen and oxygen atoms in total. The fraction of sp³-hybridized carbons (Fsp3) is 0.714. The van der Waals surface area contributed by atoms with Gasteiger partial charge < -0.3 is 10.2 Å². The van der Waals surface area contributed by atoms with Crippen LogP contribution in [0.2, 0.25) is 0 Å².